The van der Waals surface area contributed by atoms with Gasteiger partial charge in [0.1, 0.15) is 17.9 Å². The van der Waals surface area contributed by atoms with E-state index in [9.17, 15) is 34.5 Å². The summed E-state index contributed by atoms with van der Waals surface area (Å²) >= 11 is 0. The van der Waals surface area contributed by atoms with Gasteiger partial charge in [-0.1, -0.05) is 51.5 Å². The zero-order valence-corrected chi connectivity index (χ0v) is 35.7. The van der Waals surface area contributed by atoms with Crippen molar-refractivity contribution in [3.8, 4) is 0 Å². The van der Waals surface area contributed by atoms with Gasteiger partial charge >= 0.3 is 5.97 Å². The Labute approximate surface area is 340 Å². The largest absolute Gasteiger partial charge is 0.456 e. The van der Waals surface area contributed by atoms with Crippen LogP contribution in [0.5, 0.6) is 0 Å². The van der Waals surface area contributed by atoms with E-state index in [-0.39, 0.29) is 61.6 Å². The number of piperidine rings is 1. The molecule has 1 aliphatic carbocycles. The van der Waals surface area contributed by atoms with Crippen molar-refractivity contribution in [2.24, 2.45) is 35.5 Å². The summed E-state index contributed by atoms with van der Waals surface area (Å²) in [6.07, 6.45) is 7.24. The number of ether oxygens (including phenoxy) is 4. The molecule has 12 heteroatoms. The zero-order chi connectivity index (χ0) is 42.2. The molecule has 2 unspecified atom stereocenters. The van der Waals surface area contributed by atoms with E-state index < -0.39 is 71.7 Å². The predicted molar refractivity (Wildman–Crippen MR) is 216 cm³/mol. The number of carbonyl (C=O) groups is 4. The first-order valence-electron chi connectivity index (χ1n) is 21.3. The molecule has 3 fully saturated rings. The van der Waals surface area contributed by atoms with Gasteiger partial charge < -0.3 is 39.2 Å². The summed E-state index contributed by atoms with van der Waals surface area (Å²) < 4.78 is 24.2. The number of aliphatic hydroxyl groups is 3. The molecule has 0 radical (unpaired) electrons. The van der Waals surface area contributed by atoms with E-state index in [4.69, 9.17) is 18.9 Å². The molecule has 57 heavy (non-hydrogen) atoms. The first-order valence-corrected chi connectivity index (χ1v) is 21.3. The molecule has 3 aliphatic heterocycles. The van der Waals surface area contributed by atoms with E-state index >= 15 is 0 Å². The zero-order valence-electron chi connectivity index (χ0n) is 35.7. The molecule has 4 rings (SSSR count). The molecule has 4 aliphatic rings. The topological polar surface area (TPSA) is 169 Å². The Morgan fingerprint density at radius 3 is 2.33 bits per heavy atom. The SMILES string of the molecule is C=CC[C@@H]1/C=C(\C)C[C@H](C)C[C@H](OC)C[C@H]2O[C@@](O)(C(=O)C(=O)N3CCCCC3C(=O)O[C@H](/C(C)=C/[C@@H]3CC[C@@H](O)C(C)C3)[C@H](C)[C@@H](O)CC1=O)[C@H](C)C[C@@H]2OC. The van der Waals surface area contributed by atoms with E-state index in [2.05, 4.69) is 13.5 Å². The lowest BCUT2D eigenvalue weighted by Crippen LogP contribution is -2.63. The maximum atomic E-state index is 14.3. The number of cyclic esters (lactones) is 1. The number of Topliss-reactive ketones (excluding diaryl/α,β-unsaturated/α-hetero) is 2. The van der Waals surface area contributed by atoms with Crippen molar-refractivity contribution >= 4 is 23.4 Å². The summed E-state index contributed by atoms with van der Waals surface area (Å²) in [6.45, 7) is 15.3. The summed E-state index contributed by atoms with van der Waals surface area (Å²) in [5.41, 5.74) is 1.71. The summed E-state index contributed by atoms with van der Waals surface area (Å²) in [6, 6.07) is -1.12. The number of nitrogens with zero attached hydrogens (tertiary/aromatic N) is 1. The van der Waals surface area contributed by atoms with Gasteiger partial charge in [0.05, 0.1) is 30.5 Å². The summed E-state index contributed by atoms with van der Waals surface area (Å²) in [7, 11) is 3.15. The van der Waals surface area contributed by atoms with E-state index in [1.165, 1.54) is 4.90 Å². The number of allylic oxidation sites excluding steroid dienone is 4. The van der Waals surface area contributed by atoms with Crippen LogP contribution in [-0.2, 0) is 38.1 Å². The standard InChI is InChI=1S/C45H71NO11/c1-10-13-33-19-26(2)18-27(3)20-34(54-8)24-40-39(55-9)23-30(6)45(53,57-40)42(50)43(51)46-17-12-11-14-35(46)44(52)56-41(31(7)37(48)25-38(33)49)29(5)22-32-15-16-36(47)28(4)21-32/h10,19,22,27-28,30-37,39-41,47-48,53H,1,11-18,20-21,23-25H2,2-9H3/b26-19+,29-22+/t27-,28?,30+,31+,32+,33+,34-,35?,36+,37-,39-,40+,41+,45+/m0/s1. The lowest BCUT2D eigenvalue weighted by molar-refractivity contribution is -0.289. The number of hydrogen-bond donors (Lipinski definition) is 3. The fourth-order valence-electron chi connectivity index (χ4n) is 9.63. The molecule has 12 nitrogen and oxygen atoms in total. The first-order chi connectivity index (χ1) is 26.9. The number of rotatable bonds is 6. The molecule has 0 spiro atoms. The Hall–Kier alpha value is -2.74. The van der Waals surface area contributed by atoms with Crippen molar-refractivity contribution in [2.75, 3.05) is 20.8 Å². The third kappa shape index (κ3) is 11.7. The van der Waals surface area contributed by atoms with Gasteiger partial charge in [-0.15, -0.1) is 6.58 Å². The van der Waals surface area contributed by atoms with Gasteiger partial charge in [0.25, 0.3) is 11.7 Å². The average molecular weight is 802 g/mol. The van der Waals surface area contributed by atoms with Gasteiger partial charge in [-0.05, 0) is 101 Å². The maximum Gasteiger partial charge on any atom is 0.329 e. The van der Waals surface area contributed by atoms with Crippen molar-refractivity contribution in [1.29, 1.82) is 0 Å². The molecule has 3 heterocycles. The molecule has 0 aromatic heterocycles. The minimum absolute atomic E-state index is 0.0897. The molecule has 322 valence electrons. The minimum Gasteiger partial charge on any atom is -0.456 e. The minimum atomic E-state index is -2.46. The third-order valence-electron chi connectivity index (χ3n) is 13.2. The Morgan fingerprint density at radius 1 is 0.965 bits per heavy atom. The Morgan fingerprint density at radius 2 is 1.68 bits per heavy atom. The van der Waals surface area contributed by atoms with Crippen LogP contribution in [0.3, 0.4) is 0 Å². The smallest absolute Gasteiger partial charge is 0.329 e. The molecule has 1 saturated carbocycles. The van der Waals surface area contributed by atoms with Crippen LogP contribution in [-0.4, -0.2) is 113 Å². The van der Waals surface area contributed by atoms with Gasteiger partial charge in [0.2, 0.25) is 5.79 Å². The quantitative estimate of drug-likeness (QED) is 0.173. The van der Waals surface area contributed by atoms with Crippen molar-refractivity contribution in [1.82, 2.24) is 4.90 Å². The van der Waals surface area contributed by atoms with Crippen LogP contribution in [0.15, 0.2) is 36.0 Å². The summed E-state index contributed by atoms with van der Waals surface area (Å²) in [4.78, 5) is 57.7. The maximum absolute atomic E-state index is 14.3. The molecule has 0 aromatic rings. The fraction of sp³-hybridized carbons (Fsp3) is 0.778. The lowest BCUT2D eigenvalue weighted by atomic mass is 9.78. The van der Waals surface area contributed by atoms with Crippen molar-refractivity contribution < 1.29 is 53.4 Å². The number of aliphatic hydroxyl groups excluding tert-OH is 2. The van der Waals surface area contributed by atoms with Gasteiger partial charge in [-0.3, -0.25) is 14.4 Å². The second-order valence-electron chi connectivity index (χ2n) is 17.9. The molecule has 14 atom stereocenters. The Bertz CT molecular complexity index is 1480. The molecule has 1 amide bonds. The number of carbonyl (C=O) groups excluding carboxylic acids is 4. The van der Waals surface area contributed by atoms with Crippen LogP contribution in [0.25, 0.3) is 0 Å². The third-order valence-corrected chi connectivity index (χ3v) is 13.2. The normalized spacial score (nSPS) is 41.2. The van der Waals surface area contributed by atoms with E-state index in [0.29, 0.717) is 50.5 Å². The van der Waals surface area contributed by atoms with Crippen LogP contribution in [0.1, 0.15) is 119 Å². The van der Waals surface area contributed by atoms with Crippen LogP contribution < -0.4 is 0 Å². The highest BCUT2D eigenvalue weighted by atomic mass is 16.7. The molecule has 0 aromatic carbocycles. The van der Waals surface area contributed by atoms with Crippen LogP contribution >= 0.6 is 0 Å². The van der Waals surface area contributed by atoms with Crippen LogP contribution in [0, 0.1) is 35.5 Å². The molecule has 2 saturated heterocycles. The van der Waals surface area contributed by atoms with E-state index in [1.54, 1.807) is 34.1 Å². The van der Waals surface area contributed by atoms with Crippen LogP contribution in [0.2, 0.25) is 0 Å². The Kier molecular flexibility index (Phi) is 17.3. The fourth-order valence-corrected chi connectivity index (χ4v) is 9.63. The second kappa shape index (κ2) is 21.0. The lowest BCUT2D eigenvalue weighted by Gasteiger charge is -2.45. The van der Waals surface area contributed by atoms with E-state index in [1.807, 2.05) is 32.9 Å². The molecule has 3 N–H and O–H groups in total. The molecular formula is C45H71NO11. The summed E-state index contributed by atoms with van der Waals surface area (Å²) in [5, 5.41) is 34.0. The number of ketones is 2. The Balaban J connectivity index is 1.76. The average Bonchev–Trinajstić information content (AvgIpc) is 3.17. The highest BCUT2D eigenvalue weighted by molar-refractivity contribution is 6.39. The molecule has 2 bridgehead atoms. The number of fused-ring (bicyclic) bond motifs is 3. The number of methoxy groups -OCH3 is 2. The second-order valence-corrected chi connectivity index (χ2v) is 17.9. The number of esters is 1. The van der Waals surface area contributed by atoms with Gasteiger partial charge in [-0.25, -0.2) is 4.79 Å². The summed E-state index contributed by atoms with van der Waals surface area (Å²) in [5.74, 6) is -7.18. The van der Waals surface area contributed by atoms with E-state index in [0.717, 1.165) is 18.4 Å². The first kappa shape index (κ1) is 46.9. The van der Waals surface area contributed by atoms with Crippen molar-refractivity contribution in [3.63, 3.8) is 0 Å². The monoisotopic (exact) mass is 802 g/mol. The number of amides is 1. The highest BCUT2D eigenvalue weighted by Crippen LogP contribution is 2.39. The van der Waals surface area contributed by atoms with Crippen molar-refractivity contribution in [3.05, 3.63) is 36.0 Å². The highest BCUT2D eigenvalue weighted by Gasteiger charge is 2.55. The number of hydrogen-bond acceptors (Lipinski definition) is 11. The van der Waals surface area contributed by atoms with Gasteiger partial charge in [-0.2, -0.15) is 0 Å². The predicted octanol–water partition coefficient (Wildman–Crippen LogP) is 5.65. The van der Waals surface area contributed by atoms with Gasteiger partial charge in [0.15, 0.2) is 0 Å². The van der Waals surface area contributed by atoms with Gasteiger partial charge in [0, 0.05) is 51.4 Å². The molecular weight excluding hydrogens is 730 g/mol. The van der Waals surface area contributed by atoms with Crippen LogP contribution in [0.4, 0.5) is 0 Å². The van der Waals surface area contributed by atoms with Crippen molar-refractivity contribution in [2.45, 2.75) is 167 Å².